The van der Waals surface area contributed by atoms with E-state index in [1.807, 2.05) is 29.5 Å². The van der Waals surface area contributed by atoms with Crippen molar-refractivity contribution in [3.05, 3.63) is 212 Å². The van der Waals surface area contributed by atoms with Gasteiger partial charge in [0.05, 0.1) is 27.8 Å². The molecule has 0 aliphatic heterocycles. The lowest BCUT2D eigenvalue weighted by atomic mass is 9.93. The van der Waals surface area contributed by atoms with Crippen molar-refractivity contribution in [3.63, 3.8) is 0 Å². The van der Waals surface area contributed by atoms with Crippen LogP contribution in [-0.2, 0) is 0 Å². The Labute approximate surface area is 366 Å². The van der Waals surface area contributed by atoms with Gasteiger partial charge in [-0.05, 0) is 59.2 Å². The Morgan fingerprint density at radius 3 is 1.57 bits per heavy atom. The minimum atomic E-state index is 0.562. The zero-order valence-electron chi connectivity index (χ0n) is 33.9. The first-order valence-corrected chi connectivity index (χ1v) is 22.0. The van der Waals surface area contributed by atoms with Crippen molar-refractivity contribution in [2.75, 3.05) is 0 Å². The molecular weight excluding hydrogens is 787 g/mol. The molecule has 0 unspecified atom stereocenters. The molecule has 0 saturated heterocycles. The first-order valence-electron chi connectivity index (χ1n) is 21.2. The van der Waals surface area contributed by atoms with E-state index in [0.717, 1.165) is 60.6 Å². The third-order valence-corrected chi connectivity index (χ3v) is 13.6. The third-order valence-electron chi connectivity index (χ3n) is 12.4. The van der Waals surface area contributed by atoms with Crippen LogP contribution < -0.4 is 0 Å². The molecule has 6 heteroatoms. The van der Waals surface area contributed by atoms with E-state index in [-0.39, 0.29) is 0 Å². The number of rotatable bonds is 6. The van der Waals surface area contributed by atoms with Gasteiger partial charge in [-0.3, -0.25) is 4.57 Å². The summed E-state index contributed by atoms with van der Waals surface area (Å²) in [6.45, 7) is 0. The van der Waals surface area contributed by atoms with Crippen LogP contribution in [0, 0.1) is 0 Å². The lowest BCUT2D eigenvalue weighted by Gasteiger charge is -2.18. The molecule has 0 amide bonds. The van der Waals surface area contributed by atoms with Crippen LogP contribution in [0.25, 0.3) is 120 Å². The van der Waals surface area contributed by atoms with Crippen LogP contribution in [0.15, 0.2) is 212 Å². The summed E-state index contributed by atoms with van der Waals surface area (Å²) in [6, 6.07) is 75.7. The fraction of sp³-hybridized carbons (Fsp3) is 0. The van der Waals surface area contributed by atoms with E-state index >= 15 is 0 Å². The summed E-state index contributed by atoms with van der Waals surface area (Å²) in [5.74, 6) is 1.80. The minimum absolute atomic E-state index is 0.562. The monoisotopic (exact) mass is 821 g/mol. The summed E-state index contributed by atoms with van der Waals surface area (Å²) in [7, 11) is 0. The number of para-hydroxylation sites is 3. The topological polar surface area (TPSA) is 48.5 Å². The molecule has 13 aromatic rings. The van der Waals surface area contributed by atoms with Crippen LogP contribution in [0.5, 0.6) is 0 Å². The molecule has 0 aliphatic rings. The maximum absolute atomic E-state index is 5.45. The highest BCUT2D eigenvalue weighted by Gasteiger charge is 2.25. The van der Waals surface area contributed by atoms with Gasteiger partial charge in [-0.2, -0.15) is 9.97 Å². The Morgan fingerprint density at radius 2 is 0.841 bits per heavy atom. The molecule has 0 atom stereocenters. The summed E-state index contributed by atoms with van der Waals surface area (Å²) < 4.78 is 7.25. The lowest BCUT2D eigenvalue weighted by molar-refractivity contribution is 0.953. The minimum Gasteiger partial charge on any atom is -0.307 e. The molecule has 0 aliphatic carbocycles. The van der Waals surface area contributed by atoms with Gasteiger partial charge in [0.25, 0.3) is 0 Å². The fourth-order valence-corrected chi connectivity index (χ4v) is 10.7. The molecule has 0 bridgehead atoms. The van der Waals surface area contributed by atoms with Crippen molar-refractivity contribution < 1.29 is 0 Å². The highest BCUT2D eigenvalue weighted by atomic mass is 32.1. The molecule has 0 saturated carbocycles. The zero-order valence-corrected chi connectivity index (χ0v) is 34.7. The van der Waals surface area contributed by atoms with Gasteiger partial charge in [-0.15, -0.1) is 11.3 Å². The van der Waals surface area contributed by atoms with Gasteiger partial charge in [-0.1, -0.05) is 170 Å². The second-order valence-electron chi connectivity index (χ2n) is 15.9. The molecule has 0 fully saturated rings. The number of benzene rings is 9. The van der Waals surface area contributed by atoms with E-state index in [0.29, 0.717) is 17.6 Å². The number of nitrogens with zero attached hydrogens (tertiary/aromatic N) is 5. The van der Waals surface area contributed by atoms with Crippen molar-refractivity contribution in [1.29, 1.82) is 0 Å². The fourth-order valence-electron chi connectivity index (χ4n) is 9.62. The van der Waals surface area contributed by atoms with Crippen LogP contribution in [0.3, 0.4) is 0 Å². The van der Waals surface area contributed by atoms with E-state index in [4.69, 9.17) is 15.0 Å². The van der Waals surface area contributed by atoms with Crippen LogP contribution in [0.1, 0.15) is 0 Å². The predicted octanol–water partition coefficient (Wildman–Crippen LogP) is 15.1. The Kier molecular flexibility index (Phi) is 8.01. The summed E-state index contributed by atoms with van der Waals surface area (Å²) in [5, 5.41) is 7.02. The van der Waals surface area contributed by atoms with Gasteiger partial charge in [-0.25, -0.2) is 4.98 Å². The number of aromatic nitrogens is 5. The lowest BCUT2D eigenvalue weighted by Crippen LogP contribution is -2.07. The number of fused-ring (bicyclic) bond motifs is 10. The molecule has 13 rings (SSSR count). The normalized spacial score (nSPS) is 11.8. The summed E-state index contributed by atoms with van der Waals surface area (Å²) in [6.07, 6.45) is 0. The molecule has 0 N–H and O–H groups in total. The second-order valence-corrected chi connectivity index (χ2v) is 17.0. The van der Waals surface area contributed by atoms with Crippen LogP contribution in [-0.4, -0.2) is 24.1 Å². The average Bonchev–Trinajstić information content (AvgIpc) is 4.02. The first-order chi connectivity index (χ1) is 31.3. The highest BCUT2D eigenvalue weighted by molar-refractivity contribution is 7.25. The summed E-state index contributed by atoms with van der Waals surface area (Å²) in [4.78, 5) is 16.1. The smallest absolute Gasteiger partial charge is 0.238 e. The molecule has 63 heavy (non-hydrogen) atoms. The van der Waals surface area contributed by atoms with E-state index in [9.17, 15) is 0 Å². The van der Waals surface area contributed by atoms with Crippen LogP contribution in [0.2, 0.25) is 0 Å². The molecule has 4 aromatic heterocycles. The van der Waals surface area contributed by atoms with Gasteiger partial charge in [0.2, 0.25) is 5.95 Å². The van der Waals surface area contributed by atoms with Gasteiger partial charge in [0.15, 0.2) is 11.6 Å². The molecular formula is C57H35N5S. The van der Waals surface area contributed by atoms with Crippen molar-refractivity contribution in [2.45, 2.75) is 0 Å². The number of thiophene rings is 1. The number of hydrogen-bond donors (Lipinski definition) is 0. The second kappa shape index (κ2) is 14.2. The Morgan fingerprint density at radius 1 is 0.317 bits per heavy atom. The number of hydrogen-bond acceptors (Lipinski definition) is 4. The van der Waals surface area contributed by atoms with E-state index in [2.05, 4.69) is 203 Å². The maximum atomic E-state index is 5.45. The van der Waals surface area contributed by atoms with Crippen LogP contribution in [0.4, 0.5) is 0 Å². The Bertz CT molecular complexity index is 3920. The summed E-state index contributed by atoms with van der Waals surface area (Å²) >= 11 is 1.81. The predicted molar refractivity (Wildman–Crippen MR) is 263 cm³/mol. The first kappa shape index (κ1) is 35.6. The van der Waals surface area contributed by atoms with Crippen LogP contribution >= 0.6 is 11.3 Å². The Balaban J connectivity index is 1.14. The van der Waals surface area contributed by atoms with Crippen molar-refractivity contribution in [2.24, 2.45) is 0 Å². The van der Waals surface area contributed by atoms with E-state index < -0.39 is 0 Å². The quantitative estimate of drug-likeness (QED) is 0.168. The summed E-state index contributed by atoms with van der Waals surface area (Å²) in [5.41, 5.74) is 11.9. The van der Waals surface area contributed by atoms with Gasteiger partial charge < -0.3 is 4.57 Å². The molecule has 9 aromatic carbocycles. The molecule has 0 spiro atoms. The Hall–Kier alpha value is -8.19. The van der Waals surface area contributed by atoms with Gasteiger partial charge in [0.1, 0.15) is 0 Å². The van der Waals surface area contributed by atoms with E-state index in [1.54, 1.807) is 0 Å². The third kappa shape index (κ3) is 5.59. The van der Waals surface area contributed by atoms with Gasteiger partial charge in [0, 0.05) is 58.4 Å². The zero-order chi connectivity index (χ0) is 41.4. The van der Waals surface area contributed by atoms with Gasteiger partial charge >= 0.3 is 0 Å². The largest absolute Gasteiger partial charge is 0.307 e. The molecule has 5 nitrogen and oxygen atoms in total. The van der Waals surface area contributed by atoms with Crippen molar-refractivity contribution >= 4 is 75.1 Å². The highest BCUT2D eigenvalue weighted by Crippen LogP contribution is 2.44. The molecule has 0 radical (unpaired) electrons. The SMILES string of the molecule is c1ccc(-c2nc(-c3ccc4sc5ccccc5c4c3)nc(-n3c4ccccc4c4ccc5c6ccccc6n(-c6ccccc6-c6ccccc6-c6ccccc6)c5c43)n2)cc1. The van der Waals surface area contributed by atoms with Crippen molar-refractivity contribution in [1.82, 2.24) is 24.1 Å². The standard InChI is InChI=1S/C57H35N5S/c1-3-17-36(18-4-1)39-21-7-8-22-40(39)41-23-9-13-27-48(41)61-49-28-14-10-24-42(49)45-32-33-46-43-25-11-15-29-50(43)62(54(46)53(45)61)57-59-55(37-19-5-2-6-20-37)58-56(60-57)38-31-34-52-47(35-38)44-26-12-16-30-51(44)63-52/h1-35H. The molecule has 294 valence electrons. The average molecular weight is 822 g/mol. The van der Waals surface area contributed by atoms with E-state index in [1.165, 1.54) is 42.2 Å². The van der Waals surface area contributed by atoms with Crippen molar-refractivity contribution in [3.8, 4) is 56.7 Å². The molecule has 4 heterocycles. The maximum Gasteiger partial charge on any atom is 0.238 e.